The van der Waals surface area contributed by atoms with E-state index >= 15 is 0 Å². The maximum absolute atomic E-state index is 10.7. The summed E-state index contributed by atoms with van der Waals surface area (Å²) in [5.41, 5.74) is 5.78. The van der Waals surface area contributed by atoms with E-state index in [1.165, 1.54) is 6.42 Å². The summed E-state index contributed by atoms with van der Waals surface area (Å²) in [5.74, 6) is 0.764. The van der Waals surface area contributed by atoms with Crippen LogP contribution in [0.1, 0.15) is 32.6 Å². The lowest BCUT2D eigenvalue weighted by Crippen LogP contribution is -2.25. The molecule has 2 atom stereocenters. The van der Waals surface area contributed by atoms with Crippen LogP contribution in [0, 0.1) is 5.92 Å². The van der Waals surface area contributed by atoms with Gasteiger partial charge in [-0.1, -0.05) is 6.42 Å². The summed E-state index contributed by atoms with van der Waals surface area (Å²) >= 11 is 0. The van der Waals surface area contributed by atoms with Gasteiger partial charge in [0, 0.05) is 12.5 Å². The van der Waals surface area contributed by atoms with Gasteiger partial charge in [0.25, 0.3) is 0 Å². The van der Waals surface area contributed by atoms with Crippen LogP contribution in [-0.4, -0.2) is 11.8 Å². The molecule has 0 saturated heterocycles. The summed E-state index contributed by atoms with van der Waals surface area (Å²) in [6, 6.07) is 0.295. The van der Waals surface area contributed by atoms with E-state index in [1.807, 2.05) is 0 Å². The Bertz CT molecular complexity index is 133. The molecule has 0 aromatic carbocycles. The Morgan fingerprint density at radius 2 is 2.30 bits per heavy atom. The zero-order valence-electron chi connectivity index (χ0n) is 6.47. The van der Waals surface area contributed by atoms with Gasteiger partial charge in [-0.05, 0) is 25.7 Å². The molecule has 0 amide bonds. The number of nitrogens with two attached hydrogens (primary N) is 1. The average molecular weight is 141 g/mol. The van der Waals surface area contributed by atoms with Crippen molar-refractivity contribution >= 4 is 5.78 Å². The van der Waals surface area contributed by atoms with E-state index < -0.39 is 0 Å². The number of hydrogen-bond acceptors (Lipinski definition) is 2. The van der Waals surface area contributed by atoms with Crippen LogP contribution in [0.15, 0.2) is 0 Å². The van der Waals surface area contributed by atoms with Crippen molar-refractivity contribution in [1.82, 2.24) is 0 Å². The third-order valence-electron chi connectivity index (χ3n) is 2.27. The predicted molar refractivity (Wildman–Crippen MR) is 40.6 cm³/mol. The summed E-state index contributed by atoms with van der Waals surface area (Å²) < 4.78 is 0. The lowest BCUT2D eigenvalue weighted by molar-refractivity contribution is -0.117. The fraction of sp³-hybridized carbons (Fsp3) is 0.875. The Morgan fingerprint density at radius 3 is 2.70 bits per heavy atom. The summed E-state index contributed by atoms with van der Waals surface area (Å²) in [6.07, 6.45) is 4.17. The van der Waals surface area contributed by atoms with Gasteiger partial charge in [0.05, 0.1) is 0 Å². The molecule has 0 bridgehead atoms. The van der Waals surface area contributed by atoms with Gasteiger partial charge in [0.2, 0.25) is 0 Å². The van der Waals surface area contributed by atoms with Crippen LogP contribution in [0.3, 0.4) is 0 Å². The highest BCUT2D eigenvalue weighted by atomic mass is 16.1. The second kappa shape index (κ2) is 3.15. The summed E-state index contributed by atoms with van der Waals surface area (Å²) in [4.78, 5) is 10.7. The minimum atomic E-state index is 0.280. The Kier molecular flexibility index (Phi) is 2.44. The third kappa shape index (κ3) is 1.81. The molecular weight excluding hydrogens is 126 g/mol. The zero-order chi connectivity index (χ0) is 7.56. The average Bonchev–Trinajstić information content (AvgIpc) is 2.15. The molecule has 0 aliphatic heterocycles. The van der Waals surface area contributed by atoms with Crippen LogP contribution in [-0.2, 0) is 4.79 Å². The molecular formula is C8H15NO. The van der Waals surface area contributed by atoms with E-state index in [0.717, 1.165) is 12.8 Å². The lowest BCUT2D eigenvalue weighted by atomic mass is 9.98. The maximum atomic E-state index is 10.7. The van der Waals surface area contributed by atoms with Gasteiger partial charge in [-0.25, -0.2) is 0 Å². The number of carbonyl (C=O) groups excluding carboxylic acids is 1. The quantitative estimate of drug-likeness (QED) is 0.625. The molecule has 2 nitrogen and oxygen atoms in total. The minimum Gasteiger partial charge on any atom is -0.327 e. The van der Waals surface area contributed by atoms with Crippen molar-refractivity contribution < 1.29 is 4.79 Å². The summed E-state index contributed by atoms with van der Waals surface area (Å²) in [7, 11) is 0. The second-order valence-electron chi connectivity index (χ2n) is 3.26. The molecule has 0 heterocycles. The Morgan fingerprint density at radius 1 is 1.60 bits per heavy atom. The van der Waals surface area contributed by atoms with Gasteiger partial charge in [0.1, 0.15) is 5.78 Å². The first-order valence-electron chi connectivity index (χ1n) is 3.95. The molecule has 0 spiro atoms. The van der Waals surface area contributed by atoms with Crippen LogP contribution in [0.2, 0.25) is 0 Å². The molecule has 0 unspecified atom stereocenters. The highest BCUT2D eigenvalue weighted by Gasteiger charge is 2.24. The Hall–Kier alpha value is -0.370. The van der Waals surface area contributed by atoms with Crippen LogP contribution in [0.25, 0.3) is 0 Å². The van der Waals surface area contributed by atoms with Crippen molar-refractivity contribution in [3.63, 3.8) is 0 Å². The first-order chi connectivity index (χ1) is 4.70. The molecule has 1 aliphatic carbocycles. The number of hydrogen-bond donors (Lipinski definition) is 1. The molecule has 1 saturated carbocycles. The van der Waals surface area contributed by atoms with Gasteiger partial charge in [-0.15, -0.1) is 0 Å². The maximum Gasteiger partial charge on any atom is 0.130 e. The number of carbonyl (C=O) groups is 1. The minimum absolute atomic E-state index is 0.280. The summed E-state index contributed by atoms with van der Waals surface area (Å²) in [5, 5.41) is 0. The van der Waals surface area contributed by atoms with Crippen molar-refractivity contribution in [2.45, 2.75) is 38.6 Å². The van der Waals surface area contributed by atoms with Gasteiger partial charge < -0.3 is 10.5 Å². The highest BCUT2D eigenvalue weighted by molar-refractivity contribution is 5.75. The van der Waals surface area contributed by atoms with E-state index in [-0.39, 0.29) is 5.78 Å². The number of rotatable bonds is 2. The lowest BCUT2D eigenvalue weighted by Gasteiger charge is -2.11. The normalized spacial score (nSPS) is 32.6. The molecule has 0 aromatic heterocycles. The monoisotopic (exact) mass is 141 g/mol. The van der Waals surface area contributed by atoms with Crippen molar-refractivity contribution in [1.29, 1.82) is 0 Å². The highest BCUT2D eigenvalue weighted by Crippen LogP contribution is 2.26. The van der Waals surface area contributed by atoms with Gasteiger partial charge in [0.15, 0.2) is 0 Å². The van der Waals surface area contributed by atoms with E-state index in [9.17, 15) is 4.79 Å². The predicted octanol–water partition coefficient (Wildman–Crippen LogP) is 1.09. The van der Waals surface area contributed by atoms with E-state index in [2.05, 4.69) is 0 Å². The van der Waals surface area contributed by atoms with Crippen LogP contribution in [0.5, 0.6) is 0 Å². The van der Waals surface area contributed by atoms with Crippen molar-refractivity contribution in [3.05, 3.63) is 0 Å². The van der Waals surface area contributed by atoms with Gasteiger partial charge in [-0.2, -0.15) is 0 Å². The van der Waals surface area contributed by atoms with E-state index in [4.69, 9.17) is 5.73 Å². The first-order valence-corrected chi connectivity index (χ1v) is 3.95. The standard InChI is InChI=1S/C8H15NO/c1-6(10)5-7-3-2-4-8(7)9/h7-8H,2-5,9H2,1H3/t7-,8+/m0/s1. The van der Waals surface area contributed by atoms with Crippen molar-refractivity contribution in [2.75, 3.05) is 0 Å². The molecule has 1 rings (SSSR count). The van der Waals surface area contributed by atoms with Crippen molar-refractivity contribution in [2.24, 2.45) is 11.7 Å². The molecule has 1 aliphatic rings. The third-order valence-corrected chi connectivity index (χ3v) is 2.27. The first kappa shape index (κ1) is 7.73. The van der Waals surface area contributed by atoms with Crippen molar-refractivity contribution in [3.8, 4) is 0 Å². The number of Topliss-reactive ketones (excluding diaryl/α,β-unsaturated/α-hetero) is 1. The van der Waals surface area contributed by atoms with E-state index in [1.54, 1.807) is 6.92 Å². The van der Waals surface area contributed by atoms with Gasteiger partial charge >= 0.3 is 0 Å². The smallest absolute Gasteiger partial charge is 0.130 e. The van der Waals surface area contributed by atoms with Crippen LogP contribution in [0.4, 0.5) is 0 Å². The molecule has 10 heavy (non-hydrogen) atoms. The molecule has 1 fully saturated rings. The molecule has 2 N–H and O–H groups in total. The molecule has 2 heteroatoms. The second-order valence-corrected chi connectivity index (χ2v) is 3.26. The summed E-state index contributed by atoms with van der Waals surface area (Å²) in [6.45, 7) is 1.64. The fourth-order valence-corrected chi connectivity index (χ4v) is 1.69. The Labute approximate surface area is 61.8 Å². The SMILES string of the molecule is CC(=O)C[C@@H]1CCC[C@H]1N. The van der Waals surface area contributed by atoms with Gasteiger partial charge in [-0.3, -0.25) is 0 Å². The molecule has 0 aromatic rings. The van der Waals surface area contributed by atoms with E-state index in [0.29, 0.717) is 18.4 Å². The number of ketones is 1. The van der Waals surface area contributed by atoms with Crippen LogP contribution >= 0.6 is 0 Å². The topological polar surface area (TPSA) is 43.1 Å². The zero-order valence-corrected chi connectivity index (χ0v) is 6.47. The fourth-order valence-electron chi connectivity index (χ4n) is 1.69. The Balaban J connectivity index is 2.33. The van der Waals surface area contributed by atoms with Crippen LogP contribution < -0.4 is 5.73 Å². The largest absolute Gasteiger partial charge is 0.327 e. The molecule has 0 radical (unpaired) electrons. The molecule has 58 valence electrons.